The summed E-state index contributed by atoms with van der Waals surface area (Å²) in [6.45, 7) is 1.88. The Hall–Kier alpha value is -3.39. The first-order chi connectivity index (χ1) is 15.4. The molecule has 0 fully saturated rings. The van der Waals surface area contributed by atoms with Gasteiger partial charge in [-0.3, -0.25) is 9.59 Å². The van der Waals surface area contributed by atoms with Gasteiger partial charge in [0.05, 0.1) is 6.10 Å². The number of benzene rings is 2. The Kier molecular flexibility index (Phi) is 7.83. The molecule has 0 saturated heterocycles. The minimum atomic E-state index is -1.08. The van der Waals surface area contributed by atoms with Crippen LogP contribution in [0.15, 0.2) is 48.5 Å². The van der Waals surface area contributed by atoms with Crippen LogP contribution in [-0.4, -0.2) is 53.5 Å². The molecule has 0 aliphatic heterocycles. The summed E-state index contributed by atoms with van der Waals surface area (Å²) in [6, 6.07) is 14.8. The molecular weight excluding hydrogens is 412 g/mol. The van der Waals surface area contributed by atoms with Crippen molar-refractivity contribution in [2.45, 2.75) is 44.2 Å². The van der Waals surface area contributed by atoms with Crippen molar-refractivity contribution in [1.82, 2.24) is 10.6 Å². The maximum atomic E-state index is 12.5. The van der Waals surface area contributed by atoms with E-state index < -0.39 is 30.1 Å². The zero-order chi connectivity index (χ0) is 23.1. The lowest BCUT2D eigenvalue weighted by Gasteiger charge is -2.20. The van der Waals surface area contributed by atoms with E-state index in [9.17, 15) is 19.5 Å². The summed E-state index contributed by atoms with van der Waals surface area (Å²) in [5.74, 6) is -1.77. The van der Waals surface area contributed by atoms with Crippen molar-refractivity contribution >= 4 is 18.0 Å². The molecule has 170 valence electrons. The molecule has 32 heavy (non-hydrogen) atoms. The van der Waals surface area contributed by atoms with Gasteiger partial charge in [0.25, 0.3) is 0 Å². The number of carbonyl (C=O) groups excluding carboxylic acids is 2. The van der Waals surface area contributed by atoms with Gasteiger partial charge in [-0.25, -0.2) is 4.79 Å². The predicted molar refractivity (Wildman–Crippen MR) is 118 cm³/mol. The van der Waals surface area contributed by atoms with E-state index in [1.807, 2.05) is 48.5 Å². The molecular formula is C24H28N2O6. The average molecular weight is 440 g/mol. The number of hydrogen-bond donors (Lipinski definition) is 4. The smallest absolute Gasteiger partial charge is 0.407 e. The van der Waals surface area contributed by atoms with Crippen molar-refractivity contribution in [3.05, 3.63) is 59.7 Å². The number of aliphatic hydroxyl groups is 1. The molecule has 8 heteroatoms. The van der Waals surface area contributed by atoms with Crippen molar-refractivity contribution in [2.75, 3.05) is 13.2 Å². The first-order valence-corrected chi connectivity index (χ1v) is 10.7. The van der Waals surface area contributed by atoms with Gasteiger partial charge in [-0.05, 0) is 35.1 Å². The van der Waals surface area contributed by atoms with Gasteiger partial charge in [0, 0.05) is 18.9 Å². The maximum absolute atomic E-state index is 12.5. The van der Waals surface area contributed by atoms with E-state index in [1.165, 1.54) is 0 Å². The molecule has 0 heterocycles. The van der Waals surface area contributed by atoms with Gasteiger partial charge in [0.1, 0.15) is 12.6 Å². The number of carboxylic acids is 1. The first kappa shape index (κ1) is 23.3. The van der Waals surface area contributed by atoms with Gasteiger partial charge in [0.15, 0.2) is 0 Å². The van der Waals surface area contributed by atoms with Crippen LogP contribution in [0, 0.1) is 0 Å². The van der Waals surface area contributed by atoms with E-state index in [-0.39, 0.29) is 31.9 Å². The van der Waals surface area contributed by atoms with Gasteiger partial charge >= 0.3 is 12.1 Å². The number of carboxylic acid groups (broad SMARTS) is 1. The van der Waals surface area contributed by atoms with E-state index in [1.54, 1.807) is 6.92 Å². The number of alkyl carbamates (subject to hydrolysis) is 1. The molecule has 2 aromatic carbocycles. The fraction of sp³-hybridized carbons (Fsp3) is 0.375. The van der Waals surface area contributed by atoms with Crippen molar-refractivity contribution in [1.29, 1.82) is 0 Å². The second-order valence-electron chi connectivity index (χ2n) is 7.76. The zero-order valence-electron chi connectivity index (χ0n) is 17.9. The van der Waals surface area contributed by atoms with Crippen LogP contribution in [0.1, 0.15) is 43.2 Å². The first-order valence-electron chi connectivity index (χ1n) is 10.7. The molecule has 3 rings (SSSR count). The molecule has 1 aliphatic rings. The van der Waals surface area contributed by atoms with E-state index in [2.05, 4.69) is 10.6 Å². The van der Waals surface area contributed by atoms with Gasteiger partial charge in [-0.2, -0.15) is 0 Å². The maximum Gasteiger partial charge on any atom is 0.407 e. The second-order valence-corrected chi connectivity index (χ2v) is 7.76. The third-order valence-corrected chi connectivity index (χ3v) is 5.58. The molecule has 1 aliphatic carbocycles. The minimum Gasteiger partial charge on any atom is -0.481 e. The SMILES string of the molecule is CCC(O)CNC(=O)C(CCC(=O)O)NC(=O)OCC1c2ccccc2-c2ccccc21. The molecule has 0 aromatic heterocycles. The number of fused-ring (bicyclic) bond motifs is 3. The summed E-state index contributed by atoms with van der Waals surface area (Å²) in [6.07, 6.45) is -1.44. The molecule has 0 bridgehead atoms. The van der Waals surface area contributed by atoms with Gasteiger partial charge in [-0.15, -0.1) is 0 Å². The van der Waals surface area contributed by atoms with E-state index in [4.69, 9.17) is 9.84 Å². The third kappa shape index (κ3) is 5.64. The molecule has 0 spiro atoms. The Bertz CT molecular complexity index is 931. The molecule has 2 atom stereocenters. The highest BCUT2D eigenvalue weighted by Crippen LogP contribution is 2.44. The normalized spacial score (nSPS) is 14.1. The number of carbonyl (C=O) groups is 3. The minimum absolute atomic E-state index is 0.0191. The molecule has 0 saturated carbocycles. The molecule has 4 N–H and O–H groups in total. The highest BCUT2D eigenvalue weighted by molar-refractivity contribution is 5.86. The number of aliphatic hydroxyl groups excluding tert-OH is 1. The lowest BCUT2D eigenvalue weighted by Crippen LogP contribution is -2.48. The Morgan fingerprint density at radius 3 is 2.19 bits per heavy atom. The monoisotopic (exact) mass is 440 g/mol. The topological polar surface area (TPSA) is 125 Å². The zero-order valence-corrected chi connectivity index (χ0v) is 17.9. The summed E-state index contributed by atoms with van der Waals surface area (Å²) >= 11 is 0. The lowest BCUT2D eigenvalue weighted by atomic mass is 9.98. The molecule has 2 unspecified atom stereocenters. The highest BCUT2D eigenvalue weighted by Gasteiger charge is 2.30. The van der Waals surface area contributed by atoms with E-state index in [0.29, 0.717) is 6.42 Å². The average Bonchev–Trinajstić information content (AvgIpc) is 3.12. The van der Waals surface area contributed by atoms with E-state index in [0.717, 1.165) is 22.3 Å². The number of amides is 2. The van der Waals surface area contributed by atoms with Crippen LogP contribution in [0.5, 0.6) is 0 Å². The van der Waals surface area contributed by atoms with Crippen molar-refractivity contribution < 1.29 is 29.3 Å². The summed E-state index contributed by atoms with van der Waals surface area (Å²) in [4.78, 5) is 35.8. The van der Waals surface area contributed by atoms with Crippen LogP contribution in [0.3, 0.4) is 0 Å². The van der Waals surface area contributed by atoms with Crippen LogP contribution >= 0.6 is 0 Å². The lowest BCUT2D eigenvalue weighted by molar-refractivity contribution is -0.137. The largest absolute Gasteiger partial charge is 0.481 e. The van der Waals surface area contributed by atoms with E-state index >= 15 is 0 Å². The molecule has 8 nitrogen and oxygen atoms in total. The quantitative estimate of drug-likeness (QED) is 0.450. The fourth-order valence-electron chi connectivity index (χ4n) is 3.80. The third-order valence-electron chi connectivity index (χ3n) is 5.58. The molecule has 2 aromatic rings. The van der Waals surface area contributed by atoms with Gasteiger partial charge < -0.3 is 25.6 Å². The Morgan fingerprint density at radius 1 is 1.03 bits per heavy atom. The van der Waals surface area contributed by atoms with Crippen molar-refractivity contribution in [3.8, 4) is 11.1 Å². The highest BCUT2D eigenvalue weighted by atomic mass is 16.5. The number of rotatable bonds is 10. The van der Waals surface area contributed by atoms with Crippen LogP contribution in [0.25, 0.3) is 11.1 Å². The van der Waals surface area contributed by atoms with Crippen LogP contribution in [0.4, 0.5) is 4.79 Å². The Morgan fingerprint density at radius 2 is 1.62 bits per heavy atom. The second kappa shape index (κ2) is 10.8. The molecule has 0 radical (unpaired) electrons. The van der Waals surface area contributed by atoms with Crippen molar-refractivity contribution in [2.24, 2.45) is 0 Å². The summed E-state index contributed by atoms with van der Waals surface area (Å²) in [5, 5.41) is 23.6. The number of nitrogens with one attached hydrogen (secondary N) is 2. The number of aliphatic carboxylic acids is 1. The number of ether oxygens (including phenoxy) is 1. The van der Waals surface area contributed by atoms with Gasteiger partial charge in [-0.1, -0.05) is 55.5 Å². The Labute approximate surface area is 186 Å². The van der Waals surface area contributed by atoms with Crippen LogP contribution < -0.4 is 10.6 Å². The van der Waals surface area contributed by atoms with Gasteiger partial charge in [0.2, 0.25) is 5.91 Å². The standard InChI is InChI=1S/C24H28N2O6/c1-2-15(27)13-25-23(30)21(11-12-22(28)29)26-24(31)32-14-20-18-9-5-3-7-16(18)17-8-4-6-10-19(17)20/h3-10,15,20-21,27H,2,11-14H2,1H3,(H,25,30)(H,26,31)(H,28,29). The van der Waals surface area contributed by atoms with Crippen molar-refractivity contribution in [3.63, 3.8) is 0 Å². The number of hydrogen-bond acceptors (Lipinski definition) is 5. The fourth-order valence-corrected chi connectivity index (χ4v) is 3.80. The summed E-state index contributed by atoms with van der Waals surface area (Å²) < 4.78 is 5.45. The summed E-state index contributed by atoms with van der Waals surface area (Å²) in [7, 11) is 0. The van der Waals surface area contributed by atoms with Crippen LogP contribution in [0.2, 0.25) is 0 Å². The summed E-state index contributed by atoms with van der Waals surface area (Å²) in [5.41, 5.74) is 4.33. The molecule has 2 amide bonds. The Balaban J connectivity index is 1.63. The predicted octanol–water partition coefficient (Wildman–Crippen LogP) is 2.65. The van der Waals surface area contributed by atoms with Crippen LogP contribution in [-0.2, 0) is 14.3 Å².